The molecule has 2 aromatic carbocycles. The van der Waals surface area contributed by atoms with E-state index in [1.165, 1.54) is 67.8 Å². The number of aliphatic hydroxyl groups excluding tert-OH is 2. The first-order valence-electron chi connectivity index (χ1n) is 27.6. The van der Waals surface area contributed by atoms with Crippen LogP contribution in [0.2, 0.25) is 0 Å². The van der Waals surface area contributed by atoms with Crippen LogP contribution in [0.3, 0.4) is 0 Å². The number of aromatic nitrogens is 7. The maximum Gasteiger partial charge on any atom is 0.303 e. The number of pyridine rings is 1. The number of phenols is 1. The van der Waals surface area contributed by atoms with Crippen molar-refractivity contribution in [2.45, 2.75) is 95.2 Å². The second-order valence-corrected chi connectivity index (χ2v) is 26.6. The van der Waals surface area contributed by atoms with Gasteiger partial charge in [0.2, 0.25) is 11.8 Å². The predicted molar refractivity (Wildman–Crippen MR) is 331 cm³/mol. The number of rotatable bonds is 14. The van der Waals surface area contributed by atoms with Crippen molar-refractivity contribution in [2.24, 2.45) is 11.7 Å². The molecule has 0 radical (unpaired) electrons. The lowest BCUT2D eigenvalue weighted by atomic mass is 9.90. The van der Waals surface area contributed by atoms with Crippen LogP contribution in [-0.2, 0) is 27.3 Å². The highest BCUT2D eigenvalue weighted by Crippen LogP contribution is 2.43. The molecule has 1 fully saturated rings. The molecule has 11 rings (SSSR count). The maximum atomic E-state index is 15.2. The molecule has 2 aliphatic rings. The molecule has 28 heteroatoms. The van der Waals surface area contributed by atoms with Crippen molar-refractivity contribution in [3.63, 3.8) is 0 Å². The number of benzene rings is 2. The highest BCUT2D eigenvalue weighted by molar-refractivity contribution is 7.15. The van der Waals surface area contributed by atoms with Crippen molar-refractivity contribution in [2.75, 3.05) is 13.1 Å². The number of carboxylic acids is 1. The smallest absolute Gasteiger partial charge is 0.303 e. The van der Waals surface area contributed by atoms with E-state index in [9.17, 15) is 39.3 Å². The zero-order valence-corrected chi connectivity index (χ0v) is 51.4. The lowest BCUT2D eigenvalue weighted by molar-refractivity contribution is -0.137. The van der Waals surface area contributed by atoms with Gasteiger partial charge >= 0.3 is 5.97 Å². The Kier molecular flexibility index (Phi) is 18.6. The van der Waals surface area contributed by atoms with Crippen LogP contribution >= 0.6 is 68.0 Å². The van der Waals surface area contributed by atoms with Gasteiger partial charge in [-0.05, 0) is 61.7 Å². The van der Waals surface area contributed by atoms with E-state index >= 15 is 4.79 Å². The Hall–Kier alpha value is -7.93. The summed E-state index contributed by atoms with van der Waals surface area (Å²) in [6.07, 6.45) is -1.61. The lowest BCUT2D eigenvalue weighted by Gasteiger charge is -2.29. The van der Waals surface area contributed by atoms with Crippen molar-refractivity contribution in [3.05, 3.63) is 147 Å². The molecule has 0 spiro atoms. The summed E-state index contributed by atoms with van der Waals surface area (Å²) in [5.74, 6) is -5.44. The number of hydrogen-bond donors (Lipinski definition) is 8. The van der Waals surface area contributed by atoms with Crippen molar-refractivity contribution in [1.29, 1.82) is 0 Å². The number of Topliss-reactive ketones (excluding diaryl/α,β-unsaturated/α-hetero) is 1. The van der Waals surface area contributed by atoms with E-state index < -0.39 is 77.6 Å². The number of phenolic OH excluding ortho intramolecular Hbond substituents is 1. The van der Waals surface area contributed by atoms with E-state index in [4.69, 9.17) is 45.7 Å². The molecule has 9 N–H and O–H groups in total. The van der Waals surface area contributed by atoms with Gasteiger partial charge < -0.3 is 47.0 Å². The third-order valence-electron chi connectivity index (χ3n) is 14.8. The number of fused-ring (bicyclic) bond motifs is 16. The van der Waals surface area contributed by atoms with Crippen LogP contribution in [-0.4, -0.2) is 121 Å². The van der Waals surface area contributed by atoms with Crippen LogP contribution in [0.4, 0.5) is 0 Å². The summed E-state index contributed by atoms with van der Waals surface area (Å²) in [5.41, 5.74) is 10.1. The van der Waals surface area contributed by atoms with Crippen LogP contribution in [0.25, 0.3) is 43.4 Å². The minimum Gasteiger partial charge on any atom is -0.508 e. The van der Waals surface area contributed by atoms with E-state index in [0.717, 1.165) is 28.4 Å². The monoisotopic (exact) mass is 1280 g/mol. The average molecular weight is 1290 g/mol. The number of carbonyl (C=O) groups is 6. The normalized spacial score (nSPS) is 19.5. The molecule has 7 aromatic heterocycles. The van der Waals surface area contributed by atoms with Crippen LogP contribution in [0.1, 0.15) is 131 Å². The van der Waals surface area contributed by atoms with E-state index in [1.54, 1.807) is 54.8 Å². The minimum atomic E-state index is -1.29. The van der Waals surface area contributed by atoms with Crippen molar-refractivity contribution >= 4 is 103 Å². The number of primary amides is 1. The first-order chi connectivity index (χ1) is 41.9. The number of nitrogens with one attached hydrogen (secondary N) is 3. The van der Waals surface area contributed by atoms with E-state index in [0.29, 0.717) is 90.3 Å². The number of thiazole rings is 6. The molecule has 9 aromatic rings. The SMILES string of the molecule is Cc1sc2nc1C(=O)C[C@@H]([C@H](O)c1ccccc1)c1nc(cs1)C(=O)N[C@@H](Cc1ccc(O)cc1)C(=O)N1C[C@H](O)[C@H](C)[C@H]1c1nc(cs1)-c1nc(cs1)-c1nc(-c3nc(CNCCCCC(=O)O)cs3)ccc1-c1nc(cs1)C(=O)N[C@H]2CC(N)=O. The summed E-state index contributed by atoms with van der Waals surface area (Å²) < 4.78 is 0. The van der Waals surface area contributed by atoms with Crippen molar-refractivity contribution in [3.8, 4) is 49.1 Å². The summed E-state index contributed by atoms with van der Waals surface area (Å²) >= 11 is 7.34. The van der Waals surface area contributed by atoms with E-state index in [-0.39, 0.29) is 65.1 Å². The van der Waals surface area contributed by atoms with E-state index in [2.05, 4.69) is 16.0 Å². The van der Waals surface area contributed by atoms with Gasteiger partial charge in [0.05, 0.1) is 47.1 Å². The Balaban J connectivity index is 0.986. The highest BCUT2D eigenvalue weighted by Gasteiger charge is 2.45. The zero-order chi connectivity index (χ0) is 61.0. The first-order valence-corrected chi connectivity index (χ1v) is 32.8. The topological polar surface area (TPSA) is 339 Å². The Morgan fingerprint density at radius 1 is 0.724 bits per heavy atom. The number of aliphatic carboxylic acids is 1. The van der Waals surface area contributed by atoms with Gasteiger partial charge in [-0.15, -0.1) is 68.0 Å². The average Bonchev–Trinajstić information content (AvgIpc) is 2.54. The van der Waals surface area contributed by atoms with Gasteiger partial charge in [0.15, 0.2) is 5.78 Å². The largest absolute Gasteiger partial charge is 0.508 e. The second kappa shape index (κ2) is 26.6. The number of aryl methyl sites for hydroxylation is 1. The highest BCUT2D eigenvalue weighted by atomic mass is 32.1. The van der Waals surface area contributed by atoms with Gasteiger partial charge in [0.1, 0.15) is 71.0 Å². The fourth-order valence-corrected chi connectivity index (χ4v) is 15.7. The lowest BCUT2D eigenvalue weighted by Crippen LogP contribution is -2.50. The van der Waals surface area contributed by atoms with Gasteiger partial charge in [0.25, 0.3) is 11.8 Å². The summed E-state index contributed by atoms with van der Waals surface area (Å²) in [6.45, 7) is 4.52. The molecule has 1 saturated heterocycles. The number of ketones is 1. The standard InChI is InChI=1S/C59H56N12O10S6/c1-28-44(74)22-71-49(28)58-69-42(27-86-58)56-66-39(24-85-56)48-34(15-16-36(63-48)55-62-32(23-82-55)21-61-17-7-6-10-46(76)77)53-67-40(25-83-53)51(79)64-37(20-45(60)75)57-70-47(29(2)87-57)43(73)19-35(50(78)31-8-4-3-5-9-31)54-68-41(26-84-54)52(80)65-38(59(71)81)18-30-11-13-33(72)14-12-30/h3-5,8-9,11-16,23-28,35,37-38,44,49-50,61,72,74,78H,6-7,10,17-22H2,1-2H3,(H2,60,75)(H,64,79)(H,65,80)(H,76,77)/t28-,35-,37-,38-,44-,49-,50+/m0/s1. The summed E-state index contributed by atoms with van der Waals surface area (Å²) in [6, 6.07) is 15.6. The zero-order valence-electron chi connectivity index (χ0n) is 46.5. The summed E-state index contributed by atoms with van der Waals surface area (Å²) in [4.78, 5) is 119. The van der Waals surface area contributed by atoms with Crippen LogP contribution in [0.15, 0.2) is 93.6 Å². The van der Waals surface area contributed by atoms with Crippen molar-refractivity contribution < 1.29 is 49.2 Å². The number of nitrogens with zero attached hydrogens (tertiary/aromatic N) is 8. The van der Waals surface area contributed by atoms with E-state index in [1.807, 2.05) is 35.2 Å². The fourth-order valence-electron chi connectivity index (χ4n) is 10.3. The molecule has 4 amide bonds. The molecule has 7 atom stereocenters. The summed E-state index contributed by atoms with van der Waals surface area (Å²) in [7, 11) is 0. The molecule has 87 heavy (non-hydrogen) atoms. The van der Waals surface area contributed by atoms with Gasteiger partial charge in [-0.25, -0.2) is 34.9 Å². The number of amides is 4. The Morgan fingerprint density at radius 2 is 1.39 bits per heavy atom. The summed E-state index contributed by atoms with van der Waals surface area (Å²) in [5, 5.41) is 63.1. The molecule has 9 heterocycles. The van der Waals surface area contributed by atoms with Crippen LogP contribution in [0, 0.1) is 12.8 Å². The fraction of sp³-hybridized carbons (Fsp3) is 0.305. The second-order valence-electron chi connectivity index (χ2n) is 21.0. The van der Waals surface area contributed by atoms with Crippen molar-refractivity contribution in [1.82, 2.24) is 55.7 Å². The third kappa shape index (κ3) is 13.8. The van der Waals surface area contributed by atoms with Gasteiger partial charge in [0, 0.05) is 81.5 Å². The number of hydrogen-bond acceptors (Lipinski definition) is 23. The number of nitrogens with two attached hydrogens (primary N) is 1. The molecule has 2 aliphatic heterocycles. The Labute approximate surface area is 521 Å². The molecular weight excluding hydrogens is 1230 g/mol. The molecule has 448 valence electrons. The molecule has 0 saturated carbocycles. The minimum absolute atomic E-state index is 0.00726. The number of aliphatic hydroxyl groups is 2. The number of carbonyl (C=O) groups excluding carboxylic acids is 5. The molecule has 10 bridgehead atoms. The third-order valence-corrected chi connectivity index (χ3v) is 20.5. The molecular formula is C59H56N12O10S6. The number of unbranched alkanes of at least 4 members (excludes halogenated alkanes) is 1. The molecule has 22 nitrogen and oxygen atoms in total. The van der Waals surface area contributed by atoms with Crippen LogP contribution in [0.5, 0.6) is 5.75 Å². The molecule has 0 unspecified atom stereocenters. The van der Waals surface area contributed by atoms with Gasteiger partial charge in [-0.3, -0.25) is 28.8 Å². The molecule has 0 aliphatic carbocycles. The Morgan fingerprint density at radius 3 is 2.16 bits per heavy atom. The van der Waals surface area contributed by atoms with Crippen LogP contribution < -0.4 is 21.7 Å². The predicted octanol–water partition coefficient (Wildman–Crippen LogP) is 8.52. The first kappa shape index (κ1) is 60.7. The number of carboxylic acid groups (broad SMARTS) is 1. The Bertz CT molecular complexity index is 4010. The van der Waals surface area contributed by atoms with Gasteiger partial charge in [-0.1, -0.05) is 49.4 Å². The van der Waals surface area contributed by atoms with Gasteiger partial charge in [-0.2, -0.15) is 0 Å². The number of aromatic hydroxyl groups is 1. The quantitative estimate of drug-likeness (QED) is 0.0473. The maximum absolute atomic E-state index is 15.2.